The lowest BCUT2D eigenvalue weighted by atomic mass is 10.1. The van der Waals surface area contributed by atoms with Crippen molar-refractivity contribution in [2.24, 2.45) is 5.92 Å². The van der Waals surface area contributed by atoms with Gasteiger partial charge in [0.05, 0.1) is 6.07 Å². The summed E-state index contributed by atoms with van der Waals surface area (Å²) in [6.45, 7) is 7.63. The lowest BCUT2D eigenvalue weighted by Crippen LogP contribution is -2.12. The minimum atomic E-state index is -0.224. The minimum absolute atomic E-state index is 0.224. The molecule has 0 radical (unpaired) electrons. The van der Waals surface area contributed by atoms with Crippen LogP contribution in [0, 0.1) is 24.2 Å². The number of aromatic nitrogens is 3. The molecule has 156 valence electrons. The van der Waals surface area contributed by atoms with E-state index in [9.17, 15) is 5.26 Å². The van der Waals surface area contributed by atoms with Gasteiger partial charge in [-0.25, -0.2) is 0 Å². The van der Waals surface area contributed by atoms with E-state index in [1.807, 2.05) is 30.3 Å². The number of nitrogens with zero attached hydrogens (tertiary/aromatic N) is 4. The van der Waals surface area contributed by atoms with Crippen LogP contribution in [0.2, 0.25) is 0 Å². The topological polar surface area (TPSA) is 63.7 Å². The molecule has 1 aromatic heterocycles. The fourth-order valence-electron chi connectivity index (χ4n) is 2.97. The normalized spacial score (nSPS) is 12.0. The van der Waals surface area contributed by atoms with Crippen molar-refractivity contribution in [3.63, 3.8) is 0 Å². The molecule has 0 saturated heterocycles. The molecule has 0 amide bonds. The number of hydrogen-bond donors (Lipinski definition) is 0. The number of aryl methyl sites for hydroxylation is 1. The fraction of sp³-hybridized carbons (Fsp3) is 0.375. The first-order valence-electron chi connectivity index (χ1n) is 10.3. The average molecular weight is 421 g/mol. The van der Waals surface area contributed by atoms with E-state index in [0.717, 1.165) is 35.3 Å². The highest BCUT2D eigenvalue weighted by Gasteiger charge is 2.19. The van der Waals surface area contributed by atoms with Gasteiger partial charge in [-0.15, -0.1) is 10.2 Å². The first-order chi connectivity index (χ1) is 14.5. The third-order valence-corrected chi connectivity index (χ3v) is 5.84. The van der Waals surface area contributed by atoms with Crippen molar-refractivity contribution in [1.82, 2.24) is 14.8 Å². The van der Waals surface area contributed by atoms with Crippen LogP contribution in [0.4, 0.5) is 0 Å². The molecule has 0 fully saturated rings. The van der Waals surface area contributed by atoms with Gasteiger partial charge in [0, 0.05) is 6.54 Å². The maximum absolute atomic E-state index is 9.72. The first-order valence-corrected chi connectivity index (χ1v) is 11.1. The average Bonchev–Trinajstić information content (AvgIpc) is 3.13. The van der Waals surface area contributed by atoms with Crippen LogP contribution < -0.4 is 4.74 Å². The molecule has 0 N–H and O–H groups in total. The predicted molar refractivity (Wildman–Crippen MR) is 120 cm³/mol. The van der Waals surface area contributed by atoms with Gasteiger partial charge in [-0.3, -0.25) is 0 Å². The number of nitriles is 1. The van der Waals surface area contributed by atoms with Crippen molar-refractivity contribution in [2.45, 2.75) is 57.2 Å². The smallest absolute Gasteiger partial charge is 0.192 e. The van der Waals surface area contributed by atoms with Crippen molar-refractivity contribution >= 4 is 11.8 Å². The van der Waals surface area contributed by atoms with Gasteiger partial charge in [-0.2, -0.15) is 5.26 Å². The second kappa shape index (κ2) is 10.8. The molecule has 0 aliphatic heterocycles. The van der Waals surface area contributed by atoms with E-state index in [4.69, 9.17) is 4.74 Å². The van der Waals surface area contributed by atoms with Crippen LogP contribution in [0.3, 0.4) is 0 Å². The summed E-state index contributed by atoms with van der Waals surface area (Å²) in [6.07, 6.45) is 1.69. The summed E-state index contributed by atoms with van der Waals surface area (Å²) in [7, 11) is 0. The third kappa shape index (κ3) is 6.36. The van der Waals surface area contributed by atoms with Gasteiger partial charge in [-0.05, 0) is 43.4 Å². The molecule has 1 heterocycles. The molecule has 2 aromatic carbocycles. The number of thioether (sulfide) groups is 1. The quantitative estimate of drug-likeness (QED) is 0.409. The fourth-order valence-corrected chi connectivity index (χ4v) is 3.96. The van der Waals surface area contributed by atoms with Gasteiger partial charge in [0.2, 0.25) is 0 Å². The third-order valence-electron chi connectivity index (χ3n) is 4.77. The number of benzene rings is 2. The number of rotatable bonds is 10. The van der Waals surface area contributed by atoms with Gasteiger partial charge in [0.1, 0.15) is 17.6 Å². The second-order valence-corrected chi connectivity index (χ2v) is 8.93. The summed E-state index contributed by atoms with van der Waals surface area (Å²) in [5, 5.41) is 19.0. The molecular formula is C24H28N4OS. The van der Waals surface area contributed by atoms with Crippen molar-refractivity contribution in [3.8, 4) is 11.8 Å². The molecule has 3 aromatic rings. The van der Waals surface area contributed by atoms with E-state index in [-0.39, 0.29) is 5.25 Å². The Morgan fingerprint density at radius 2 is 1.80 bits per heavy atom. The lowest BCUT2D eigenvalue weighted by Gasteiger charge is -2.14. The van der Waals surface area contributed by atoms with Gasteiger partial charge in [0.25, 0.3) is 0 Å². The van der Waals surface area contributed by atoms with Crippen molar-refractivity contribution in [3.05, 3.63) is 71.5 Å². The summed E-state index contributed by atoms with van der Waals surface area (Å²) in [4.78, 5) is 0. The Hall–Kier alpha value is -2.78. The van der Waals surface area contributed by atoms with Crippen LogP contribution in [-0.4, -0.2) is 20.0 Å². The molecule has 0 saturated carbocycles. The van der Waals surface area contributed by atoms with Crippen molar-refractivity contribution in [1.29, 1.82) is 5.26 Å². The Labute approximate surface area is 183 Å². The molecule has 5 nitrogen and oxygen atoms in total. The van der Waals surface area contributed by atoms with Gasteiger partial charge < -0.3 is 9.30 Å². The lowest BCUT2D eigenvalue weighted by molar-refractivity contribution is 0.285. The standard InChI is InChI=1S/C24H28N4OS/c1-18(2)13-14-28-23(17-29-21-7-5-4-6-8-21)26-27-24(28)30-22(16-25)15-20-11-9-19(3)10-12-20/h4-12,18,22H,13-15,17H2,1-3H3. The summed E-state index contributed by atoms with van der Waals surface area (Å²) >= 11 is 1.48. The maximum atomic E-state index is 9.72. The molecular weight excluding hydrogens is 392 g/mol. The Balaban J connectivity index is 1.73. The molecule has 1 unspecified atom stereocenters. The molecule has 3 rings (SSSR count). The van der Waals surface area contributed by atoms with E-state index in [2.05, 4.69) is 65.9 Å². The highest BCUT2D eigenvalue weighted by molar-refractivity contribution is 8.00. The van der Waals surface area contributed by atoms with Crippen LogP contribution in [0.1, 0.15) is 37.2 Å². The van der Waals surface area contributed by atoms with Crippen LogP contribution >= 0.6 is 11.8 Å². The van der Waals surface area contributed by atoms with E-state index in [1.165, 1.54) is 17.3 Å². The Morgan fingerprint density at radius 3 is 2.47 bits per heavy atom. The summed E-state index contributed by atoms with van der Waals surface area (Å²) < 4.78 is 8.00. The van der Waals surface area contributed by atoms with E-state index >= 15 is 0 Å². The molecule has 0 aliphatic rings. The number of hydrogen-bond acceptors (Lipinski definition) is 5. The van der Waals surface area contributed by atoms with E-state index in [1.54, 1.807) is 0 Å². The van der Waals surface area contributed by atoms with Crippen molar-refractivity contribution in [2.75, 3.05) is 0 Å². The molecule has 0 spiro atoms. The number of ether oxygens (including phenoxy) is 1. The molecule has 6 heteroatoms. The van der Waals surface area contributed by atoms with Crippen molar-refractivity contribution < 1.29 is 4.74 Å². The zero-order chi connectivity index (χ0) is 21.3. The molecule has 30 heavy (non-hydrogen) atoms. The number of para-hydroxylation sites is 1. The predicted octanol–water partition coefficient (Wildman–Crippen LogP) is 5.44. The van der Waals surface area contributed by atoms with Crippen LogP contribution in [0.25, 0.3) is 0 Å². The second-order valence-electron chi connectivity index (χ2n) is 7.76. The highest BCUT2D eigenvalue weighted by atomic mass is 32.2. The summed E-state index contributed by atoms with van der Waals surface area (Å²) in [6, 6.07) is 20.5. The Bertz CT molecular complexity index is 961. The zero-order valence-corrected chi connectivity index (χ0v) is 18.6. The molecule has 1 atom stereocenters. The monoisotopic (exact) mass is 420 g/mol. The zero-order valence-electron chi connectivity index (χ0n) is 17.8. The highest BCUT2D eigenvalue weighted by Crippen LogP contribution is 2.26. The van der Waals surface area contributed by atoms with Gasteiger partial charge >= 0.3 is 0 Å². The molecule has 0 aliphatic carbocycles. The molecule has 0 bridgehead atoms. The summed E-state index contributed by atoms with van der Waals surface area (Å²) in [5.74, 6) is 2.15. The van der Waals surface area contributed by atoms with Gasteiger partial charge in [-0.1, -0.05) is 73.6 Å². The van der Waals surface area contributed by atoms with Crippen LogP contribution in [0.15, 0.2) is 59.8 Å². The van der Waals surface area contributed by atoms with Crippen LogP contribution in [0.5, 0.6) is 5.75 Å². The SMILES string of the molecule is Cc1ccc(CC(C#N)Sc2nnc(COc3ccccc3)n2CCC(C)C)cc1. The van der Waals surface area contributed by atoms with Gasteiger partial charge in [0.15, 0.2) is 11.0 Å². The summed E-state index contributed by atoms with van der Waals surface area (Å²) in [5.41, 5.74) is 2.37. The van der Waals surface area contributed by atoms with E-state index in [0.29, 0.717) is 18.9 Å². The minimum Gasteiger partial charge on any atom is -0.486 e. The maximum Gasteiger partial charge on any atom is 0.192 e. The van der Waals surface area contributed by atoms with E-state index < -0.39 is 0 Å². The first kappa shape index (κ1) is 21.9. The Morgan fingerprint density at radius 1 is 1.07 bits per heavy atom. The van der Waals surface area contributed by atoms with Crippen LogP contribution in [-0.2, 0) is 19.6 Å². The largest absolute Gasteiger partial charge is 0.486 e. The Kier molecular flexibility index (Phi) is 7.92.